The van der Waals surface area contributed by atoms with Gasteiger partial charge in [0.1, 0.15) is 5.52 Å². The lowest BCUT2D eigenvalue weighted by atomic mass is 10.1. The van der Waals surface area contributed by atoms with Gasteiger partial charge < -0.3 is 15.3 Å². The second-order valence-corrected chi connectivity index (χ2v) is 5.51. The van der Waals surface area contributed by atoms with Crippen molar-refractivity contribution in [2.45, 2.75) is 18.9 Å². The van der Waals surface area contributed by atoms with Crippen LogP contribution in [0.25, 0.3) is 11.0 Å². The fourth-order valence-corrected chi connectivity index (χ4v) is 2.89. The number of benzene rings is 1. The van der Waals surface area contributed by atoms with Gasteiger partial charge in [0, 0.05) is 26.2 Å². The Hall–Kier alpha value is -1.79. The van der Waals surface area contributed by atoms with Crippen LogP contribution in [0.1, 0.15) is 12.8 Å². The minimum Gasteiger partial charge on any atom is -0.425 e. The van der Waals surface area contributed by atoms with Crippen LogP contribution in [0.2, 0.25) is 0 Å². The molecule has 0 amide bonds. The van der Waals surface area contributed by atoms with E-state index in [1.165, 1.54) is 0 Å². The molecule has 2 heterocycles. The lowest BCUT2D eigenvalue weighted by molar-refractivity contribution is 0.130. The normalized spacial score (nSPS) is 20.0. The molecule has 114 valence electrons. The van der Waals surface area contributed by atoms with Crippen molar-refractivity contribution >= 4 is 17.0 Å². The topological polar surface area (TPSA) is 62.5 Å². The highest BCUT2D eigenvalue weighted by Gasteiger charge is 2.21. The highest BCUT2D eigenvalue weighted by molar-refractivity contribution is 5.78. The predicted molar refractivity (Wildman–Crippen MR) is 81.9 cm³/mol. The van der Waals surface area contributed by atoms with Gasteiger partial charge in [0.15, 0.2) is 0 Å². The van der Waals surface area contributed by atoms with Crippen molar-refractivity contribution in [3.8, 4) is 0 Å². The third kappa shape index (κ3) is 3.11. The maximum Gasteiger partial charge on any atom is 0.237 e. The molecule has 1 aromatic heterocycles. The zero-order valence-electron chi connectivity index (χ0n) is 12.3. The van der Waals surface area contributed by atoms with Crippen LogP contribution in [0.15, 0.2) is 24.3 Å². The minimum absolute atomic E-state index is 0.304. The number of fused-ring (bicyclic) bond motifs is 1. The Morgan fingerprint density at radius 2 is 2.29 bits per heavy atom. The SMILES string of the molecule is COCCN1CCCC(Nc2nc3ccccc3n2O)C1. The maximum absolute atomic E-state index is 10.2. The number of para-hydroxylation sites is 2. The summed E-state index contributed by atoms with van der Waals surface area (Å²) in [6.07, 6.45) is 2.24. The molecule has 1 fully saturated rings. The first kappa shape index (κ1) is 14.2. The zero-order valence-corrected chi connectivity index (χ0v) is 12.3. The molecule has 0 radical (unpaired) electrons. The molecule has 1 aliphatic heterocycles. The predicted octanol–water partition coefficient (Wildman–Crippen LogP) is 1.80. The Morgan fingerprint density at radius 3 is 3.10 bits per heavy atom. The van der Waals surface area contributed by atoms with E-state index in [0.717, 1.165) is 54.8 Å². The summed E-state index contributed by atoms with van der Waals surface area (Å²) < 4.78 is 6.28. The van der Waals surface area contributed by atoms with Crippen molar-refractivity contribution in [3.05, 3.63) is 24.3 Å². The molecule has 0 bridgehead atoms. The zero-order chi connectivity index (χ0) is 14.7. The van der Waals surface area contributed by atoms with E-state index in [1.807, 2.05) is 24.3 Å². The summed E-state index contributed by atoms with van der Waals surface area (Å²) in [5.74, 6) is 0.523. The maximum atomic E-state index is 10.2. The molecular formula is C15H22N4O2. The monoisotopic (exact) mass is 290 g/mol. The molecule has 1 aromatic carbocycles. The molecule has 1 saturated heterocycles. The smallest absolute Gasteiger partial charge is 0.237 e. The third-order valence-corrected chi connectivity index (χ3v) is 3.99. The number of hydrogen-bond donors (Lipinski definition) is 2. The summed E-state index contributed by atoms with van der Waals surface area (Å²) in [5.41, 5.74) is 1.53. The Bertz CT molecular complexity index is 598. The first-order valence-corrected chi connectivity index (χ1v) is 7.42. The Labute approximate surface area is 124 Å². The first-order chi connectivity index (χ1) is 10.3. The number of piperidine rings is 1. The fraction of sp³-hybridized carbons (Fsp3) is 0.533. The minimum atomic E-state index is 0.304. The summed E-state index contributed by atoms with van der Waals surface area (Å²) in [5, 5.41) is 13.5. The molecule has 0 saturated carbocycles. The van der Waals surface area contributed by atoms with Gasteiger partial charge in [-0.15, -0.1) is 4.73 Å². The van der Waals surface area contributed by atoms with Gasteiger partial charge in [0.25, 0.3) is 0 Å². The van der Waals surface area contributed by atoms with E-state index < -0.39 is 0 Å². The largest absolute Gasteiger partial charge is 0.425 e. The van der Waals surface area contributed by atoms with Crippen LogP contribution in [0.5, 0.6) is 0 Å². The molecule has 6 heteroatoms. The second-order valence-electron chi connectivity index (χ2n) is 5.51. The van der Waals surface area contributed by atoms with Crippen LogP contribution >= 0.6 is 0 Å². The molecule has 3 rings (SSSR count). The van der Waals surface area contributed by atoms with E-state index >= 15 is 0 Å². The van der Waals surface area contributed by atoms with Crippen molar-refractivity contribution in [2.24, 2.45) is 0 Å². The number of ether oxygens (including phenoxy) is 1. The van der Waals surface area contributed by atoms with Crippen LogP contribution in [0.3, 0.4) is 0 Å². The molecular weight excluding hydrogens is 268 g/mol. The summed E-state index contributed by atoms with van der Waals surface area (Å²) in [4.78, 5) is 6.84. The Balaban J connectivity index is 1.68. The van der Waals surface area contributed by atoms with Crippen molar-refractivity contribution in [1.82, 2.24) is 14.6 Å². The highest BCUT2D eigenvalue weighted by Crippen LogP contribution is 2.20. The Kier molecular flexibility index (Phi) is 4.26. The highest BCUT2D eigenvalue weighted by atomic mass is 16.5. The van der Waals surface area contributed by atoms with Crippen LogP contribution in [-0.4, -0.2) is 59.2 Å². The number of nitrogens with one attached hydrogen (secondary N) is 1. The molecule has 0 spiro atoms. The molecule has 2 aromatic rings. The number of likely N-dealkylation sites (tertiary alicyclic amines) is 1. The Morgan fingerprint density at radius 1 is 1.43 bits per heavy atom. The van der Waals surface area contributed by atoms with Crippen molar-refractivity contribution < 1.29 is 9.94 Å². The molecule has 21 heavy (non-hydrogen) atoms. The number of methoxy groups -OCH3 is 1. The van der Waals surface area contributed by atoms with Crippen molar-refractivity contribution in [1.29, 1.82) is 0 Å². The number of nitrogens with zero attached hydrogens (tertiary/aromatic N) is 3. The molecule has 1 unspecified atom stereocenters. The van der Waals surface area contributed by atoms with Gasteiger partial charge in [-0.2, -0.15) is 0 Å². The van der Waals surface area contributed by atoms with E-state index in [4.69, 9.17) is 4.74 Å². The van der Waals surface area contributed by atoms with E-state index in [-0.39, 0.29) is 0 Å². The number of anilines is 1. The van der Waals surface area contributed by atoms with Gasteiger partial charge in [-0.25, -0.2) is 4.98 Å². The summed E-state index contributed by atoms with van der Waals surface area (Å²) in [6, 6.07) is 7.89. The van der Waals surface area contributed by atoms with Crippen molar-refractivity contribution in [2.75, 3.05) is 38.7 Å². The van der Waals surface area contributed by atoms with Crippen LogP contribution < -0.4 is 5.32 Å². The van der Waals surface area contributed by atoms with Gasteiger partial charge in [0.2, 0.25) is 5.95 Å². The van der Waals surface area contributed by atoms with Crippen LogP contribution in [0.4, 0.5) is 5.95 Å². The number of hydrogen-bond acceptors (Lipinski definition) is 5. The number of aromatic nitrogens is 2. The van der Waals surface area contributed by atoms with E-state index in [9.17, 15) is 5.21 Å². The van der Waals surface area contributed by atoms with E-state index in [2.05, 4.69) is 15.2 Å². The van der Waals surface area contributed by atoms with Gasteiger partial charge in [0.05, 0.1) is 12.1 Å². The van der Waals surface area contributed by atoms with E-state index in [1.54, 1.807) is 7.11 Å². The summed E-state index contributed by atoms with van der Waals surface area (Å²) >= 11 is 0. The molecule has 1 atom stereocenters. The average Bonchev–Trinajstić information content (AvgIpc) is 2.82. The number of imidazole rings is 1. The average molecular weight is 290 g/mol. The van der Waals surface area contributed by atoms with Crippen LogP contribution in [0, 0.1) is 0 Å². The van der Waals surface area contributed by atoms with Gasteiger partial charge in [-0.1, -0.05) is 12.1 Å². The lowest BCUT2D eigenvalue weighted by Crippen LogP contribution is -2.43. The van der Waals surface area contributed by atoms with Gasteiger partial charge in [-0.05, 0) is 31.5 Å². The quantitative estimate of drug-likeness (QED) is 0.822. The third-order valence-electron chi connectivity index (χ3n) is 3.99. The summed E-state index contributed by atoms with van der Waals surface area (Å²) in [6.45, 7) is 3.76. The molecule has 0 aliphatic carbocycles. The first-order valence-electron chi connectivity index (χ1n) is 7.42. The number of rotatable bonds is 5. The van der Waals surface area contributed by atoms with Gasteiger partial charge >= 0.3 is 0 Å². The van der Waals surface area contributed by atoms with Crippen LogP contribution in [-0.2, 0) is 4.74 Å². The molecule has 1 aliphatic rings. The van der Waals surface area contributed by atoms with Crippen molar-refractivity contribution in [3.63, 3.8) is 0 Å². The summed E-state index contributed by atoms with van der Waals surface area (Å²) in [7, 11) is 1.73. The van der Waals surface area contributed by atoms with E-state index in [0.29, 0.717) is 12.0 Å². The molecule has 2 N–H and O–H groups in total. The lowest BCUT2D eigenvalue weighted by Gasteiger charge is -2.32. The standard InChI is InChI=1S/C15H22N4O2/c1-21-10-9-18-8-4-5-12(11-18)16-15-17-13-6-2-3-7-14(13)19(15)20/h2-3,6-7,12,20H,4-5,8-11H2,1H3,(H,16,17). The molecule has 6 nitrogen and oxygen atoms in total. The fourth-order valence-electron chi connectivity index (χ4n) is 2.89. The van der Waals surface area contributed by atoms with Gasteiger partial charge in [-0.3, -0.25) is 4.90 Å². The second kappa shape index (κ2) is 6.32.